The average molecular weight is 323 g/mol. The number of carboxylic acids is 1. The fourth-order valence-electron chi connectivity index (χ4n) is 2.03. The summed E-state index contributed by atoms with van der Waals surface area (Å²) in [6.45, 7) is 0. The Bertz CT molecular complexity index is 844. The van der Waals surface area contributed by atoms with Crippen LogP contribution in [0.15, 0.2) is 65.1 Å². The highest BCUT2D eigenvalue weighted by Gasteiger charge is 2.07. The molecule has 0 atom stereocenters. The molecule has 0 radical (unpaired) electrons. The summed E-state index contributed by atoms with van der Waals surface area (Å²) in [5, 5.41) is 15.8. The molecule has 1 aromatic heterocycles. The van der Waals surface area contributed by atoms with E-state index in [9.17, 15) is 4.79 Å². The third kappa shape index (κ3) is 3.61. The van der Waals surface area contributed by atoms with E-state index in [-0.39, 0.29) is 5.56 Å². The molecule has 0 aliphatic rings. The van der Waals surface area contributed by atoms with Crippen molar-refractivity contribution < 1.29 is 9.90 Å². The summed E-state index contributed by atoms with van der Waals surface area (Å²) in [5.74, 6) is -0.979. The Kier molecular flexibility index (Phi) is 4.44. The normalized spacial score (nSPS) is 10.8. The number of carboxylic acid groups (broad SMARTS) is 1. The number of carbonyl (C=O) groups is 1. The summed E-state index contributed by atoms with van der Waals surface area (Å²) in [6, 6.07) is 16.6. The van der Waals surface area contributed by atoms with E-state index in [1.165, 1.54) is 17.6 Å². The lowest BCUT2D eigenvalue weighted by Gasteiger charge is -1.99. The molecular formula is C17H13N3O2S. The lowest BCUT2D eigenvalue weighted by atomic mass is 10.1. The average Bonchev–Trinajstić information content (AvgIpc) is 3.05. The lowest BCUT2D eigenvalue weighted by molar-refractivity contribution is 0.0697. The predicted molar refractivity (Wildman–Crippen MR) is 92.2 cm³/mol. The number of aromatic carboxylic acids is 1. The first-order valence-electron chi connectivity index (χ1n) is 6.86. The number of hydrogen-bond acceptors (Lipinski definition) is 5. The van der Waals surface area contributed by atoms with Crippen LogP contribution in [0.1, 0.15) is 15.9 Å². The molecule has 0 spiro atoms. The summed E-state index contributed by atoms with van der Waals surface area (Å²) < 4.78 is 0. The van der Waals surface area contributed by atoms with E-state index in [0.717, 1.165) is 11.3 Å². The molecule has 6 heteroatoms. The number of benzene rings is 2. The zero-order valence-corrected chi connectivity index (χ0v) is 12.8. The summed E-state index contributed by atoms with van der Waals surface area (Å²) in [4.78, 5) is 15.6. The molecule has 2 aromatic carbocycles. The standard InChI is InChI=1S/C17H13N3O2S/c21-16(22)14-9-5-4-8-13(14)10-18-20-17-19-15(11-23-17)12-6-2-1-3-7-12/h1-11H,(H,19,20)(H,21,22)/b18-10-. The van der Waals surface area contributed by atoms with Crippen molar-refractivity contribution in [3.63, 3.8) is 0 Å². The monoisotopic (exact) mass is 323 g/mol. The highest BCUT2D eigenvalue weighted by molar-refractivity contribution is 7.14. The molecule has 0 aliphatic carbocycles. The van der Waals surface area contributed by atoms with Crippen molar-refractivity contribution in [2.24, 2.45) is 5.10 Å². The number of aromatic nitrogens is 1. The van der Waals surface area contributed by atoms with Gasteiger partial charge < -0.3 is 5.11 Å². The van der Waals surface area contributed by atoms with Crippen LogP contribution in [0.25, 0.3) is 11.3 Å². The molecule has 0 unspecified atom stereocenters. The van der Waals surface area contributed by atoms with Crippen LogP contribution in [-0.2, 0) is 0 Å². The van der Waals surface area contributed by atoms with Gasteiger partial charge in [0.2, 0.25) is 5.13 Å². The number of hydrazone groups is 1. The van der Waals surface area contributed by atoms with Crippen LogP contribution in [-0.4, -0.2) is 22.3 Å². The van der Waals surface area contributed by atoms with Gasteiger partial charge in [0.25, 0.3) is 0 Å². The Morgan fingerprint density at radius 2 is 1.87 bits per heavy atom. The molecule has 3 aromatic rings. The van der Waals surface area contributed by atoms with Gasteiger partial charge in [-0.25, -0.2) is 9.78 Å². The summed E-state index contributed by atoms with van der Waals surface area (Å²) in [7, 11) is 0. The Hall–Kier alpha value is -2.99. The van der Waals surface area contributed by atoms with Gasteiger partial charge in [-0.05, 0) is 6.07 Å². The molecule has 23 heavy (non-hydrogen) atoms. The predicted octanol–water partition coefficient (Wildman–Crippen LogP) is 3.95. The van der Waals surface area contributed by atoms with Crippen LogP contribution in [0.2, 0.25) is 0 Å². The van der Waals surface area contributed by atoms with Gasteiger partial charge in [0.1, 0.15) is 0 Å². The van der Waals surface area contributed by atoms with Crippen LogP contribution in [0.5, 0.6) is 0 Å². The van der Waals surface area contributed by atoms with Crippen molar-refractivity contribution in [3.05, 3.63) is 71.1 Å². The van der Waals surface area contributed by atoms with Crippen molar-refractivity contribution in [1.82, 2.24) is 4.98 Å². The minimum atomic E-state index is -0.979. The Labute approximate surface area is 137 Å². The zero-order valence-electron chi connectivity index (χ0n) is 12.0. The molecule has 0 saturated carbocycles. The first-order chi connectivity index (χ1) is 11.2. The van der Waals surface area contributed by atoms with Crippen molar-refractivity contribution in [3.8, 4) is 11.3 Å². The minimum Gasteiger partial charge on any atom is -0.478 e. The topological polar surface area (TPSA) is 74.6 Å². The fourth-order valence-corrected chi connectivity index (χ4v) is 2.70. The SMILES string of the molecule is O=C(O)c1ccccc1/C=N\Nc1nc(-c2ccccc2)cs1. The van der Waals surface area contributed by atoms with E-state index >= 15 is 0 Å². The molecule has 0 saturated heterocycles. The van der Waals surface area contributed by atoms with Gasteiger partial charge in [-0.1, -0.05) is 48.5 Å². The second kappa shape index (κ2) is 6.85. The molecule has 5 nitrogen and oxygen atoms in total. The molecule has 0 fully saturated rings. The van der Waals surface area contributed by atoms with Crippen LogP contribution < -0.4 is 5.43 Å². The van der Waals surface area contributed by atoms with Crippen LogP contribution >= 0.6 is 11.3 Å². The Morgan fingerprint density at radius 3 is 2.65 bits per heavy atom. The van der Waals surface area contributed by atoms with Crippen molar-refractivity contribution in [1.29, 1.82) is 0 Å². The lowest BCUT2D eigenvalue weighted by Crippen LogP contribution is -2.02. The smallest absolute Gasteiger partial charge is 0.336 e. The summed E-state index contributed by atoms with van der Waals surface area (Å²) in [5.41, 5.74) is 5.49. The van der Waals surface area contributed by atoms with E-state index in [1.807, 2.05) is 35.7 Å². The van der Waals surface area contributed by atoms with Crippen LogP contribution in [0, 0.1) is 0 Å². The summed E-state index contributed by atoms with van der Waals surface area (Å²) >= 11 is 1.44. The number of nitrogens with one attached hydrogen (secondary N) is 1. The van der Waals surface area contributed by atoms with Gasteiger partial charge in [0.05, 0.1) is 17.5 Å². The molecule has 0 amide bonds. The van der Waals surface area contributed by atoms with Crippen molar-refractivity contribution >= 4 is 28.7 Å². The van der Waals surface area contributed by atoms with Crippen molar-refractivity contribution in [2.75, 3.05) is 5.43 Å². The Morgan fingerprint density at radius 1 is 1.13 bits per heavy atom. The summed E-state index contributed by atoms with van der Waals surface area (Å²) in [6.07, 6.45) is 1.48. The highest BCUT2D eigenvalue weighted by Crippen LogP contribution is 2.24. The Balaban J connectivity index is 1.72. The largest absolute Gasteiger partial charge is 0.478 e. The van der Waals surface area contributed by atoms with E-state index in [4.69, 9.17) is 5.11 Å². The van der Waals surface area contributed by atoms with E-state index in [1.54, 1.807) is 24.3 Å². The van der Waals surface area contributed by atoms with Gasteiger partial charge in [-0.2, -0.15) is 5.10 Å². The quantitative estimate of drug-likeness (QED) is 0.550. The molecule has 1 heterocycles. The minimum absolute atomic E-state index is 0.210. The van der Waals surface area contributed by atoms with Gasteiger partial charge in [-0.3, -0.25) is 5.43 Å². The third-order valence-electron chi connectivity index (χ3n) is 3.13. The maximum Gasteiger partial charge on any atom is 0.336 e. The second-order valence-electron chi connectivity index (χ2n) is 4.67. The molecule has 2 N–H and O–H groups in total. The first-order valence-corrected chi connectivity index (χ1v) is 7.74. The third-order valence-corrected chi connectivity index (χ3v) is 3.88. The highest BCUT2D eigenvalue weighted by atomic mass is 32.1. The first kappa shape index (κ1) is 14.9. The molecule has 114 valence electrons. The van der Waals surface area contributed by atoms with E-state index in [2.05, 4.69) is 15.5 Å². The van der Waals surface area contributed by atoms with Gasteiger partial charge >= 0.3 is 5.97 Å². The van der Waals surface area contributed by atoms with Crippen LogP contribution in [0.4, 0.5) is 5.13 Å². The maximum atomic E-state index is 11.1. The number of thiazole rings is 1. The number of nitrogens with zero attached hydrogens (tertiary/aromatic N) is 2. The maximum absolute atomic E-state index is 11.1. The molecule has 3 rings (SSSR count). The molecular weight excluding hydrogens is 310 g/mol. The molecule has 0 aliphatic heterocycles. The van der Waals surface area contributed by atoms with E-state index < -0.39 is 5.97 Å². The van der Waals surface area contributed by atoms with E-state index in [0.29, 0.717) is 10.7 Å². The number of hydrogen-bond donors (Lipinski definition) is 2. The van der Waals surface area contributed by atoms with Gasteiger partial charge in [-0.15, -0.1) is 11.3 Å². The number of anilines is 1. The van der Waals surface area contributed by atoms with Crippen LogP contribution in [0.3, 0.4) is 0 Å². The number of rotatable bonds is 5. The molecule has 0 bridgehead atoms. The zero-order chi connectivity index (χ0) is 16.1. The second-order valence-corrected chi connectivity index (χ2v) is 5.52. The fraction of sp³-hybridized carbons (Fsp3) is 0. The van der Waals surface area contributed by atoms with Gasteiger partial charge in [0, 0.05) is 16.5 Å². The van der Waals surface area contributed by atoms with Gasteiger partial charge in [0.15, 0.2) is 0 Å². The van der Waals surface area contributed by atoms with Crippen molar-refractivity contribution in [2.45, 2.75) is 0 Å².